The molecule has 0 aliphatic heterocycles. The Hall–Kier alpha value is -3.16. The van der Waals surface area contributed by atoms with Crippen LogP contribution in [0.2, 0.25) is 0 Å². The third-order valence-corrected chi connectivity index (χ3v) is 5.19. The summed E-state index contributed by atoms with van der Waals surface area (Å²) in [6, 6.07) is 3.58. The Balaban J connectivity index is 2.21. The zero-order valence-corrected chi connectivity index (χ0v) is 17.5. The number of carbonyl (C=O) groups is 2. The minimum absolute atomic E-state index is 0.0401. The van der Waals surface area contributed by atoms with Gasteiger partial charge in [0.15, 0.2) is 5.65 Å². The predicted octanol–water partition coefficient (Wildman–Crippen LogP) is 3.87. The molecule has 1 unspecified atom stereocenters. The van der Waals surface area contributed by atoms with Gasteiger partial charge in [-0.2, -0.15) is 5.10 Å². The maximum atomic E-state index is 13.1. The molecule has 0 aromatic carbocycles. The van der Waals surface area contributed by atoms with Crippen LogP contribution >= 0.6 is 0 Å². The van der Waals surface area contributed by atoms with Crippen molar-refractivity contribution < 1.29 is 19.1 Å². The number of carboxylic acid groups (broad SMARTS) is 1. The van der Waals surface area contributed by atoms with Crippen molar-refractivity contribution in [1.29, 1.82) is 0 Å². The fourth-order valence-electron chi connectivity index (χ4n) is 3.22. The minimum atomic E-state index is -1.37. The first-order valence-corrected chi connectivity index (χ1v) is 9.59. The van der Waals surface area contributed by atoms with Gasteiger partial charge in [-0.3, -0.25) is 4.79 Å². The number of amides is 1. The number of aliphatic carboxylic acids is 1. The van der Waals surface area contributed by atoms with Crippen LogP contribution in [0.3, 0.4) is 0 Å². The van der Waals surface area contributed by atoms with Gasteiger partial charge in [0.1, 0.15) is 17.1 Å². The second kappa shape index (κ2) is 7.35. The standard InChI is InChI=1S/C21H26N4O4/c1-7-21(6,20(27)28)24-19(26)15-9-17(14-8-12(4)29-13(14)5)23-18-16(15)10-22-25(18)11(2)3/h8-11H,7H2,1-6H3,(H,24,26)(H,27,28). The first kappa shape index (κ1) is 20.6. The van der Waals surface area contributed by atoms with Gasteiger partial charge in [0, 0.05) is 11.6 Å². The van der Waals surface area contributed by atoms with Gasteiger partial charge in [0.25, 0.3) is 5.91 Å². The average Bonchev–Trinajstić information content (AvgIpc) is 3.22. The summed E-state index contributed by atoms with van der Waals surface area (Å²) in [5.41, 5.74) is 0.883. The van der Waals surface area contributed by atoms with Crippen molar-refractivity contribution in [3.05, 3.63) is 35.4 Å². The van der Waals surface area contributed by atoms with E-state index >= 15 is 0 Å². The summed E-state index contributed by atoms with van der Waals surface area (Å²) in [6.07, 6.45) is 1.85. The molecular formula is C21H26N4O4. The van der Waals surface area contributed by atoms with Crippen LogP contribution in [-0.4, -0.2) is 37.3 Å². The number of pyridine rings is 1. The monoisotopic (exact) mass is 398 g/mol. The number of nitrogens with one attached hydrogen (secondary N) is 1. The van der Waals surface area contributed by atoms with E-state index in [0.29, 0.717) is 28.1 Å². The first-order chi connectivity index (χ1) is 13.6. The highest BCUT2D eigenvalue weighted by atomic mass is 16.4. The van der Waals surface area contributed by atoms with E-state index in [-0.39, 0.29) is 12.5 Å². The van der Waals surface area contributed by atoms with Crippen molar-refractivity contribution in [2.24, 2.45) is 0 Å². The maximum Gasteiger partial charge on any atom is 0.329 e. The largest absolute Gasteiger partial charge is 0.480 e. The quantitative estimate of drug-likeness (QED) is 0.652. The van der Waals surface area contributed by atoms with Gasteiger partial charge in [-0.25, -0.2) is 14.5 Å². The highest BCUT2D eigenvalue weighted by Gasteiger charge is 2.34. The molecule has 3 rings (SSSR count). The summed E-state index contributed by atoms with van der Waals surface area (Å²) < 4.78 is 7.37. The summed E-state index contributed by atoms with van der Waals surface area (Å²) in [7, 11) is 0. The first-order valence-electron chi connectivity index (χ1n) is 9.59. The lowest BCUT2D eigenvalue weighted by Crippen LogP contribution is -2.51. The van der Waals surface area contributed by atoms with Crippen LogP contribution in [0.5, 0.6) is 0 Å². The molecule has 154 valence electrons. The molecule has 0 radical (unpaired) electrons. The van der Waals surface area contributed by atoms with E-state index < -0.39 is 17.4 Å². The molecule has 1 amide bonds. The third-order valence-electron chi connectivity index (χ3n) is 5.19. The molecule has 8 heteroatoms. The van der Waals surface area contributed by atoms with Gasteiger partial charge in [0.05, 0.1) is 22.8 Å². The van der Waals surface area contributed by atoms with Crippen molar-refractivity contribution >= 4 is 22.9 Å². The van der Waals surface area contributed by atoms with Gasteiger partial charge in [-0.05, 0) is 53.2 Å². The lowest BCUT2D eigenvalue weighted by molar-refractivity contribution is -0.143. The Bertz CT molecular complexity index is 1100. The van der Waals surface area contributed by atoms with Crippen LogP contribution in [0.25, 0.3) is 22.3 Å². The molecule has 0 saturated heterocycles. The molecule has 2 N–H and O–H groups in total. The summed E-state index contributed by atoms with van der Waals surface area (Å²) >= 11 is 0. The second-order valence-electron chi connectivity index (χ2n) is 7.75. The topological polar surface area (TPSA) is 110 Å². The number of carbonyl (C=O) groups excluding carboxylic acids is 1. The SMILES string of the molecule is CCC(C)(NC(=O)c1cc(-c2cc(C)oc2C)nc2c1cnn2C(C)C)C(=O)O. The summed E-state index contributed by atoms with van der Waals surface area (Å²) in [4.78, 5) is 29.5. The molecule has 3 heterocycles. The van der Waals surface area contributed by atoms with E-state index in [0.717, 1.165) is 11.3 Å². The highest BCUT2D eigenvalue weighted by molar-refractivity contribution is 6.08. The van der Waals surface area contributed by atoms with Crippen LogP contribution in [0.4, 0.5) is 0 Å². The molecule has 3 aromatic rings. The lowest BCUT2D eigenvalue weighted by Gasteiger charge is -2.24. The Kier molecular flexibility index (Phi) is 5.21. The van der Waals surface area contributed by atoms with E-state index in [1.165, 1.54) is 6.92 Å². The lowest BCUT2D eigenvalue weighted by atomic mass is 9.98. The van der Waals surface area contributed by atoms with Crippen molar-refractivity contribution in [3.63, 3.8) is 0 Å². The van der Waals surface area contributed by atoms with Crippen molar-refractivity contribution in [3.8, 4) is 11.3 Å². The molecule has 29 heavy (non-hydrogen) atoms. The number of nitrogens with zero attached hydrogens (tertiary/aromatic N) is 3. The second-order valence-corrected chi connectivity index (χ2v) is 7.75. The van der Waals surface area contributed by atoms with Gasteiger partial charge < -0.3 is 14.8 Å². The molecular weight excluding hydrogens is 372 g/mol. The van der Waals surface area contributed by atoms with E-state index in [1.54, 1.807) is 23.9 Å². The van der Waals surface area contributed by atoms with Crippen LogP contribution in [0, 0.1) is 13.8 Å². The Labute approximate surface area is 168 Å². The van der Waals surface area contributed by atoms with Crippen LogP contribution in [0.15, 0.2) is 22.7 Å². The van der Waals surface area contributed by atoms with Crippen LogP contribution in [-0.2, 0) is 4.79 Å². The molecule has 0 aliphatic rings. The fourth-order valence-corrected chi connectivity index (χ4v) is 3.22. The van der Waals surface area contributed by atoms with Crippen molar-refractivity contribution in [2.45, 2.75) is 59.5 Å². The average molecular weight is 398 g/mol. The van der Waals surface area contributed by atoms with Crippen LogP contribution < -0.4 is 5.32 Å². The molecule has 3 aromatic heterocycles. The van der Waals surface area contributed by atoms with Gasteiger partial charge in [0.2, 0.25) is 0 Å². The van der Waals surface area contributed by atoms with Gasteiger partial charge in [-0.1, -0.05) is 6.92 Å². The van der Waals surface area contributed by atoms with Crippen molar-refractivity contribution in [1.82, 2.24) is 20.1 Å². The number of hydrogen-bond acceptors (Lipinski definition) is 5. The zero-order valence-electron chi connectivity index (χ0n) is 17.5. The number of aromatic nitrogens is 3. The molecule has 0 bridgehead atoms. The normalized spacial score (nSPS) is 13.6. The number of aryl methyl sites for hydroxylation is 2. The van der Waals surface area contributed by atoms with E-state index in [1.807, 2.05) is 33.8 Å². The smallest absolute Gasteiger partial charge is 0.329 e. The molecule has 8 nitrogen and oxygen atoms in total. The Morgan fingerprint density at radius 3 is 2.52 bits per heavy atom. The molecule has 0 saturated carbocycles. The van der Waals surface area contributed by atoms with E-state index in [9.17, 15) is 14.7 Å². The van der Waals surface area contributed by atoms with Crippen molar-refractivity contribution in [2.75, 3.05) is 0 Å². The zero-order chi connectivity index (χ0) is 21.5. The summed E-state index contributed by atoms with van der Waals surface area (Å²) in [5, 5.41) is 17.2. The van der Waals surface area contributed by atoms with Gasteiger partial charge >= 0.3 is 5.97 Å². The number of rotatable bonds is 6. The molecule has 1 atom stereocenters. The van der Waals surface area contributed by atoms with E-state index in [2.05, 4.69) is 10.4 Å². The highest BCUT2D eigenvalue weighted by Crippen LogP contribution is 2.30. The molecule has 0 spiro atoms. The fraction of sp³-hybridized carbons (Fsp3) is 0.429. The molecule has 0 fully saturated rings. The summed E-state index contributed by atoms with van der Waals surface area (Å²) in [5.74, 6) is -0.128. The van der Waals surface area contributed by atoms with Gasteiger partial charge in [-0.15, -0.1) is 0 Å². The predicted molar refractivity (Wildman–Crippen MR) is 109 cm³/mol. The Morgan fingerprint density at radius 2 is 2.00 bits per heavy atom. The molecule has 0 aliphatic carbocycles. The maximum absolute atomic E-state index is 13.1. The van der Waals surface area contributed by atoms with E-state index in [4.69, 9.17) is 9.40 Å². The summed E-state index contributed by atoms with van der Waals surface area (Å²) in [6.45, 7) is 10.9. The third kappa shape index (κ3) is 3.62. The van der Waals surface area contributed by atoms with Crippen LogP contribution in [0.1, 0.15) is 62.0 Å². The number of hydrogen-bond donors (Lipinski definition) is 2. The minimum Gasteiger partial charge on any atom is -0.480 e. The number of carboxylic acids is 1. The number of fused-ring (bicyclic) bond motifs is 1. The Morgan fingerprint density at radius 1 is 1.31 bits per heavy atom. The number of furan rings is 1.